The summed E-state index contributed by atoms with van der Waals surface area (Å²) in [5.74, 6) is 0. The van der Waals surface area contributed by atoms with Gasteiger partial charge in [-0.05, 0) is 12.0 Å². The van der Waals surface area contributed by atoms with E-state index in [-0.39, 0.29) is 5.56 Å². The highest BCUT2D eigenvalue weighted by molar-refractivity contribution is 5.32. The molecule has 3 rings (SSSR count). The Morgan fingerprint density at radius 2 is 1.94 bits per heavy atom. The molecular formula is C13H12N4O. The first-order valence-corrected chi connectivity index (χ1v) is 5.77. The van der Waals surface area contributed by atoms with Crippen LogP contribution in [-0.2, 0) is 13.0 Å². The third kappa shape index (κ3) is 1.90. The molecule has 0 radical (unpaired) electrons. The first-order chi connectivity index (χ1) is 8.84. The van der Waals surface area contributed by atoms with Crippen molar-refractivity contribution in [3.8, 4) is 0 Å². The van der Waals surface area contributed by atoms with Crippen molar-refractivity contribution >= 4 is 5.65 Å². The summed E-state index contributed by atoms with van der Waals surface area (Å²) in [5.41, 5.74) is 1.47. The monoisotopic (exact) mass is 240 g/mol. The average molecular weight is 240 g/mol. The summed E-state index contributed by atoms with van der Waals surface area (Å²) < 4.78 is 3.29. The molecule has 0 spiro atoms. The minimum Gasteiger partial charge on any atom is -0.310 e. The number of benzene rings is 1. The quantitative estimate of drug-likeness (QED) is 0.689. The van der Waals surface area contributed by atoms with Crippen LogP contribution in [0.25, 0.3) is 5.65 Å². The van der Waals surface area contributed by atoms with Crippen LogP contribution in [0.15, 0.2) is 53.8 Å². The second-order valence-electron chi connectivity index (χ2n) is 4.09. The zero-order valence-electron chi connectivity index (χ0n) is 9.73. The average Bonchev–Trinajstić information content (AvgIpc) is 2.88. The molecule has 2 aromatic heterocycles. The number of aryl methyl sites for hydroxylation is 2. The van der Waals surface area contributed by atoms with Crippen LogP contribution in [-0.4, -0.2) is 19.2 Å². The first kappa shape index (κ1) is 10.7. The molecule has 0 atom stereocenters. The SMILES string of the molecule is O=c1c2nncn2ccn1CCc1ccccc1. The summed E-state index contributed by atoms with van der Waals surface area (Å²) in [6, 6.07) is 10.1. The Hall–Kier alpha value is -2.43. The fraction of sp³-hybridized carbons (Fsp3) is 0.154. The van der Waals surface area contributed by atoms with Crippen LogP contribution in [0.1, 0.15) is 5.56 Å². The number of hydrogen-bond donors (Lipinski definition) is 0. The molecule has 5 heteroatoms. The fourth-order valence-corrected chi connectivity index (χ4v) is 1.92. The molecule has 0 bridgehead atoms. The van der Waals surface area contributed by atoms with Crippen LogP contribution in [0.4, 0.5) is 0 Å². The van der Waals surface area contributed by atoms with E-state index in [1.54, 1.807) is 21.4 Å². The standard InChI is InChI=1S/C13H12N4O/c18-13-12-15-14-10-17(12)9-8-16(13)7-6-11-4-2-1-3-5-11/h1-5,8-10H,6-7H2. The van der Waals surface area contributed by atoms with Crippen LogP contribution < -0.4 is 5.56 Å². The van der Waals surface area contributed by atoms with Gasteiger partial charge in [-0.2, -0.15) is 0 Å². The van der Waals surface area contributed by atoms with E-state index in [9.17, 15) is 4.79 Å². The molecule has 0 aliphatic rings. The van der Waals surface area contributed by atoms with E-state index in [2.05, 4.69) is 22.3 Å². The number of hydrogen-bond acceptors (Lipinski definition) is 3. The Balaban J connectivity index is 1.87. The Bertz CT molecular complexity index is 714. The summed E-state index contributed by atoms with van der Waals surface area (Å²) in [5, 5.41) is 7.53. The van der Waals surface area contributed by atoms with Gasteiger partial charge in [0.2, 0.25) is 5.65 Å². The molecule has 0 saturated heterocycles. The lowest BCUT2D eigenvalue weighted by Crippen LogP contribution is -2.22. The van der Waals surface area contributed by atoms with Crippen molar-refractivity contribution in [2.45, 2.75) is 13.0 Å². The number of aromatic nitrogens is 4. The predicted octanol–water partition coefficient (Wildman–Crippen LogP) is 1.13. The highest BCUT2D eigenvalue weighted by Crippen LogP contribution is 2.01. The minimum atomic E-state index is -0.106. The predicted molar refractivity (Wildman–Crippen MR) is 67.4 cm³/mol. The lowest BCUT2D eigenvalue weighted by molar-refractivity contribution is 0.665. The van der Waals surface area contributed by atoms with Gasteiger partial charge in [0.05, 0.1) is 0 Å². The summed E-state index contributed by atoms with van der Waals surface area (Å²) in [6.07, 6.45) is 5.91. The molecule has 90 valence electrons. The molecule has 0 amide bonds. The van der Waals surface area contributed by atoms with Gasteiger partial charge >= 0.3 is 0 Å². The number of nitrogens with zero attached hydrogens (tertiary/aromatic N) is 4. The molecule has 0 fully saturated rings. The summed E-state index contributed by atoms with van der Waals surface area (Å²) in [7, 11) is 0. The molecule has 3 aromatic rings. The van der Waals surface area contributed by atoms with Crippen molar-refractivity contribution in [2.24, 2.45) is 0 Å². The van der Waals surface area contributed by atoms with Gasteiger partial charge in [-0.25, -0.2) is 0 Å². The van der Waals surface area contributed by atoms with Gasteiger partial charge in [0.15, 0.2) is 0 Å². The molecule has 5 nitrogen and oxygen atoms in total. The van der Waals surface area contributed by atoms with E-state index in [1.165, 1.54) is 11.9 Å². The number of fused-ring (bicyclic) bond motifs is 1. The van der Waals surface area contributed by atoms with Crippen molar-refractivity contribution in [3.05, 3.63) is 65.0 Å². The van der Waals surface area contributed by atoms with Crippen LogP contribution in [0.3, 0.4) is 0 Å². The maximum Gasteiger partial charge on any atom is 0.296 e. The van der Waals surface area contributed by atoms with Crippen LogP contribution in [0.2, 0.25) is 0 Å². The van der Waals surface area contributed by atoms with E-state index < -0.39 is 0 Å². The second-order valence-corrected chi connectivity index (χ2v) is 4.09. The van der Waals surface area contributed by atoms with E-state index in [0.29, 0.717) is 12.2 Å². The minimum absolute atomic E-state index is 0.106. The normalized spacial score (nSPS) is 10.9. The zero-order chi connectivity index (χ0) is 12.4. The molecule has 18 heavy (non-hydrogen) atoms. The molecule has 2 heterocycles. The maximum atomic E-state index is 12.1. The number of rotatable bonds is 3. The maximum absolute atomic E-state index is 12.1. The molecular weight excluding hydrogens is 228 g/mol. The third-order valence-electron chi connectivity index (χ3n) is 2.92. The van der Waals surface area contributed by atoms with Crippen LogP contribution in [0, 0.1) is 0 Å². The van der Waals surface area contributed by atoms with Crippen molar-refractivity contribution in [1.82, 2.24) is 19.2 Å². The zero-order valence-corrected chi connectivity index (χ0v) is 9.73. The Morgan fingerprint density at radius 3 is 2.78 bits per heavy atom. The molecule has 0 N–H and O–H groups in total. The van der Waals surface area contributed by atoms with Crippen molar-refractivity contribution in [3.63, 3.8) is 0 Å². The third-order valence-corrected chi connectivity index (χ3v) is 2.92. The lowest BCUT2D eigenvalue weighted by Gasteiger charge is -2.05. The summed E-state index contributed by atoms with van der Waals surface area (Å²) >= 11 is 0. The van der Waals surface area contributed by atoms with Crippen molar-refractivity contribution in [1.29, 1.82) is 0 Å². The first-order valence-electron chi connectivity index (χ1n) is 5.77. The molecule has 0 aliphatic carbocycles. The van der Waals surface area contributed by atoms with Gasteiger partial charge in [-0.15, -0.1) is 10.2 Å². The lowest BCUT2D eigenvalue weighted by atomic mass is 10.1. The Kier molecular flexibility index (Phi) is 2.64. The van der Waals surface area contributed by atoms with Crippen LogP contribution >= 0.6 is 0 Å². The van der Waals surface area contributed by atoms with Gasteiger partial charge < -0.3 is 4.57 Å². The molecule has 0 unspecified atom stereocenters. The van der Waals surface area contributed by atoms with Gasteiger partial charge in [-0.3, -0.25) is 9.20 Å². The molecule has 0 aliphatic heterocycles. The van der Waals surface area contributed by atoms with Crippen molar-refractivity contribution < 1.29 is 0 Å². The molecule has 0 saturated carbocycles. The van der Waals surface area contributed by atoms with Gasteiger partial charge in [0.1, 0.15) is 6.33 Å². The second kappa shape index (κ2) is 4.44. The highest BCUT2D eigenvalue weighted by atomic mass is 16.1. The van der Waals surface area contributed by atoms with Crippen molar-refractivity contribution in [2.75, 3.05) is 0 Å². The van der Waals surface area contributed by atoms with Crippen LogP contribution in [0.5, 0.6) is 0 Å². The topological polar surface area (TPSA) is 52.2 Å². The largest absolute Gasteiger partial charge is 0.310 e. The van der Waals surface area contributed by atoms with Gasteiger partial charge in [0.25, 0.3) is 5.56 Å². The van der Waals surface area contributed by atoms with Gasteiger partial charge in [-0.1, -0.05) is 30.3 Å². The fourth-order valence-electron chi connectivity index (χ4n) is 1.92. The highest BCUT2D eigenvalue weighted by Gasteiger charge is 2.04. The molecule has 1 aromatic carbocycles. The van der Waals surface area contributed by atoms with E-state index in [0.717, 1.165) is 6.42 Å². The van der Waals surface area contributed by atoms with E-state index in [4.69, 9.17) is 0 Å². The van der Waals surface area contributed by atoms with E-state index >= 15 is 0 Å². The summed E-state index contributed by atoms with van der Waals surface area (Å²) in [4.78, 5) is 12.1. The van der Waals surface area contributed by atoms with E-state index in [1.807, 2.05) is 18.2 Å². The Labute approximate surface area is 103 Å². The summed E-state index contributed by atoms with van der Waals surface area (Å²) in [6.45, 7) is 0.645. The smallest absolute Gasteiger partial charge is 0.296 e. The van der Waals surface area contributed by atoms with Gasteiger partial charge in [0, 0.05) is 18.9 Å². The Morgan fingerprint density at radius 1 is 1.11 bits per heavy atom.